The lowest BCUT2D eigenvalue weighted by Gasteiger charge is -2.38. The van der Waals surface area contributed by atoms with E-state index in [9.17, 15) is 18.7 Å². The van der Waals surface area contributed by atoms with E-state index in [0.29, 0.717) is 13.0 Å². The van der Waals surface area contributed by atoms with Crippen molar-refractivity contribution in [2.45, 2.75) is 45.6 Å². The summed E-state index contributed by atoms with van der Waals surface area (Å²) in [7, 11) is 0. The summed E-state index contributed by atoms with van der Waals surface area (Å²) in [5.74, 6) is -0.529. The second-order valence-electron chi connectivity index (χ2n) is 6.04. The number of amides is 1. The molecule has 1 rings (SSSR count). The zero-order chi connectivity index (χ0) is 14.6. The molecule has 1 heterocycles. The Labute approximate surface area is 112 Å². The minimum atomic E-state index is -2.37. The van der Waals surface area contributed by atoms with Crippen LogP contribution in [0.4, 0.5) is 13.6 Å². The monoisotopic (exact) mass is 279 g/mol. The van der Waals surface area contributed by atoms with Crippen LogP contribution in [0.25, 0.3) is 0 Å². The maximum atomic E-state index is 12.4. The molecule has 1 saturated heterocycles. The number of aliphatic hydroxyl groups is 1. The van der Waals surface area contributed by atoms with Crippen molar-refractivity contribution in [3.8, 4) is 0 Å². The van der Waals surface area contributed by atoms with Crippen LogP contribution in [-0.4, -0.2) is 47.8 Å². The molecule has 1 fully saturated rings. The normalized spacial score (nSPS) is 24.7. The highest BCUT2D eigenvalue weighted by Crippen LogP contribution is 2.29. The van der Waals surface area contributed by atoms with Gasteiger partial charge in [0, 0.05) is 32.0 Å². The molecule has 19 heavy (non-hydrogen) atoms. The second kappa shape index (κ2) is 6.50. The fourth-order valence-corrected chi connectivity index (χ4v) is 2.32. The van der Waals surface area contributed by atoms with Crippen molar-refractivity contribution < 1.29 is 23.4 Å². The summed E-state index contributed by atoms with van der Waals surface area (Å²) in [5, 5.41) is 9.28. The van der Waals surface area contributed by atoms with Crippen LogP contribution in [0.5, 0.6) is 0 Å². The molecule has 0 aromatic heterocycles. The van der Waals surface area contributed by atoms with E-state index in [2.05, 4.69) is 0 Å². The lowest BCUT2D eigenvalue weighted by Crippen LogP contribution is -2.47. The standard InChI is InChI=1S/C13H23F2NO3/c1-13(2,3)19-12(18)16-5-4-9(6-11(14)15)10(7-16)8-17/h9-11,17H,4-8H2,1-3H3. The number of hydrogen-bond acceptors (Lipinski definition) is 3. The van der Waals surface area contributed by atoms with Crippen molar-refractivity contribution in [1.29, 1.82) is 0 Å². The van der Waals surface area contributed by atoms with Crippen molar-refractivity contribution in [3.05, 3.63) is 0 Å². The Morgan fingerprint density at radius 3 is 2.53 bits per heavy atom. The topological polar surface area (TPSA) is 49.8 Å². The molecule has 112 valence electrons. The van der Waals surface area contributed by atoms with Gasteiger partial charge in [0.15, 0.2) is 0 Å². The van der Waals surface area contributed by atoms with Crippen LogP contribution in [0.2, 0.25) is 0 Å². The fourth-order valence-electron chi connectivity index (χ4n) is 2.32. The molecular formula is C13H23F2NO3. The van der Waals surface area contributed by atoms with E-state index in [1.807, 2.05) is 0 Å². The number of hydrogen-bond donors (Lipinski definition) is 1. The Bertz CT molecular complexity index is 305. The predicted octanol–water partition coefficient (Wildman–Crippen LogP) is 2.51. The summed E-state index contributed by atoms with van der Waals surface area (Å²) in [5.41, 5.74) is -0.578. The lowest BCUT2D eigenvalue weighted by molar-refractivity contribution is -0.00484. The van der Waals surface area contributed by atoms with E-state index in [1.54, 1.807) is 20.8 Å². The number of alkyl halides is 2. The Morgan fingerprint density at radius 1 is 1.42 bits per heavy atom. The van der Waals surface area contributed by atoms with Gasteiger partial charge in [-0.1, -0.05) is 0 Å². The third-order valence-electron chi connectivity index (χ3n) is 3.26. The Hall–Kier alpha value is -0.910. The van der Waals surface area contributed by atoms with Gasteiger partial charge in [-0.2, -0.15) is 0 Å². The number of halogens is 2. The van der Waals surface area contributed by atoms with Gasteiger partial charge in [-0.05, 0) is 33.1 Å². The van der Waals surface area contributed by atoms with Crippen LogP contribution in [0, 0.1) is 11.8 Å². The third kappa shape index (κ3) is 5.30. The average molecular weight is 279 g/mol. The predicted molar refractivity (Wildman–Crippen MR) is 67.1 cm³/mol. The number of piperidine rings is 1. The van der Waals surface area contributed by atoms with Gasteiger partial charge in [0.2, 0.25) is 6.43 Å². The van der Waals surface area contributed by atoms with Gasteiger partial charge in [-0.15, -0.1) is 0 Å². The third-order valence-corrected chi connectivity index (χ3v) is 3.26. The molecule has 0 radical (unpaired) electrons. The van der Waals surface area contributed by atoms with E-state index >= 15 is 0 Å². The molecule has 6 heteroatoms. The number of carbonyl (C=O) groups excluding carboxylic acids is 1. The highest BCUT2D eigenvalue weighted by molar-refractivity contribution is 5.68. The number of likely N-dealkylation sites (tertiary alicyclic amines) is 1. The van der Waals surface area contributed by atoms with E-state index in [-0.39, 0.29) is 31.4 Å². The Balaban J connectivity index is 2.56. The first-order valence-electron chi connectivity index (χ1n) is 6.60. The quantitative estimate of drug-likeness (QED) is 0.863. The van der Waals surface area contributed by atoms with E-state index in [4.69, 9.17) is 4.74 Å². The van der Waals surface area contributed by atoms with E-state index in [1.165, 1.54) is 4.90 Å². The second-order valence-corrected chi connectivity index (χ2v) is 6.04. The summed E-state index contributed by atoms with van der Waals surface area (Å²) in [6.45, 7) is 5.83. The largest absolute Gasteiger partial charge is 0.444 e. The summed E-state index contributed by atoms with van der Waals surface area (Å²) in [6, 6.07) is 0. The van der Waals surface area contributed by atoms with Crippen LogP contribution in [0.3, 0.4) is 0 Å². The zero-order valence-electron chi connectivity index (χ0n) is 11.7. The van der Waals surface area contributed by atoms with Crippen LogP contribution in [-0.2, 0) is 4.74 Å². The van der Waals surface area contributed by atoms with Gasteiger partial charge < -0.3 is 14.7 Å². The smallest absolute Gasteiger partial charge is 0.410 e. The zero-order valence-corrected chi connectivity index (χ0v) is 11.7. The molecule has 4 nitrogen and oxygen atoms in total. The molecule has 1 aliphatic rings. The molecule has 1 aliphatic heterocycles. The molecule has 1 N–H and O–H groups in total. The molecular weight excluding hydrogens is 256 g/mol. The maximum absolute atomic E-state index is 12.4. The number of nitrogens with zero attached hydrogens (tertiary/aromatic N) is 1. The number of carbonyl (C=O) groups is 1. The van der Waals surface area contributed by atoms with Crippen molar-refractivity contribution >= 4 is 6.09 Å². The Morgan fingerprint density at radius 2 is 2.05 bits per heavy atom. The van der Waals surface area contributed by atoms with Gasteiger partial charge in [0.1, 0.15) is 5.60 Å². The van der Waals surface area contributed by atoms with Crippen molar-refractivity contribution in [2.24, 2.45) is 11.8 Å². The van der Waals surface area contributed by atoms with Crippen molar-refractivity contribution in [1.82, 2.24) is 4.90 Å². The van der Waals surface area contributed by atoms with Crippen LogP contribution < -0.4 is 0 Å². The summed E-state index contributed by atoms with van der Waals surface area (Å²) in [6.07, 6.45) is -2.55. The minimum absolute atomic E-state index is 0.184. The molecule has 1 amide bonds. The van der Waals surface area contributed by atoms with Gasteiger partial charge in [-0.3, -0.25) is 0 Å². The van der Waals surface area contributed by atoms with Crippen LogP contribution in [0.15, 0.2) is 0 Å². The van der Waals surface area contributed by atoms with Crippen molar-refractivity contribution in [3.63, 3.8) is 0 Å². The molecule has 2 atom stereocenters. The summed E-state index contributed by atoms with van der Waals surface area (Å²) in [4.78, 5) is 13.4. The first-order chi connectivity index (χ1) is 8.73. The fraction of sp³-hybridized carbons (Fsp3) is 0.923. The summed E-state index contributed by atoms with van der Waals surface area (Å²) < 4.78 is 30.1. The molecule has 2 unspecified atom stereocenters. The molecule has 0 aromatic carbocycles. The minimum Gasteiger partial charge on any atom is -0.444 e. The summed E-state index contributed by atoms with van der Waals surface area (Å²) >= 11 is 0. The van der Waals surface area contributed by atoms with Crippen LogP contribution in [0.1, 0.15) is 33.6 Å². The van der Waals surface area contributed by atoms with Crippen molar-refractivity contribution in [2.75, 3.05) is 19.7 Å². The molecule has 0 saturated carbocycles. The molecule has 0 aliphatic carbocycles. The van der Waals surface area contributed by atoms with E-state index in [0.717, 1.165) is 0 Å². The van der Waals surface area contributed by atoms with Gasteiger partial charge in [-0.25, -0.2) is 13.6 Å². The van der Waals surface area contributed by atoms with Crippen LogP contribution >= 0.6 is 0 Å². The highest BCUT2D eigenvalue weighted by atomic mass is 19.3. The first kappa shape index (κ1) is 16.1. The van der Waals surface area contributed by atoms with E-state index < -0.39 is 18.1 Å². The number of rotatable bonds is 3. The highest BCUT2D eigenvalue weighted by Gasteiger charge is 2.34. The number of aliphatic hydroxyl groups excluding tert-OH is 1. The number of ether oxygens (including phenoxy) is 1. The molecule has 0 bridgehead atoms. The Kier molecular flexibility index (Phi) is 5.52. The lowest BCUT2D eigenvalue weighted by atomic mass is 9.84. The average Bonchev–Trinajstić information content (AvgIpc) is 2.26. The van der Waals surface area contributed by atoms with Gasteiger partial charge in [0.25, 0.3) is 0 Å². The molecule has 0 aromatic rings. The van der Waals surface area contributed by atoms with Gasteiger partial charge in [0.05, 0.1) is 0 Å². The maximum Gasteiger partial charge on any atom is 0.410 e. The SMILES string of the molecule is CC(C)(C)OC(=O)N1CCC(CC(F)F)C(CO)C1. The molecule has 0 spiro atoms. The first-order valence-corrected chi connectivity index (χ1v) is 6.60. The van der Waals surface area contributed by atoms with Gasteiger partial charge >= 0.3 is 6.09 Å².